The van der Waals surface area contributed by atoms with Gasteiger partial charge in [-0.2, -0.15) is 16.1 Å². The van der Waals surface area contributed by atoms with Gasteiger partial charge in [0.1, 0.15) is 6.04 Å². The van der Waals surface area contributed by atoms with Crippen molar-refractivity contribution in [1.29, 1.82) is 0 Å². The highest BCUT2D eigenvalue weighted by Gasteiger charge is 2.27. The third kappa shape index (κ3) is 6.80. The van der Waals surface area contributed by atoms with Crippen molar-refractivity contribution in [3.8, 4) is 0 Å². The molecular formula is C23H29N3O5S2. The van der Waals surface area contributed by atoms with Gasteiger partial charge in [0.25, 0.3) is 5.91 Å². The van der Waals surface area contributed by atoms with Gasteiger partial charge in [-0.15, -0.1) is 0 Å². The molecule has 8 nitrogen and oxygen atoms in total. The molecule has 1 aliphatic heterocycles. The minimum Gasteiger partial charge on any atom is -0.379 e. The maximum atomic E-state index is 13.0. The van der Waals surface area contributed by atoms with Crippen LogP contribution in [0.25, 0.3) is 0 Å². The Balaban J connectivity index is 1.75. The molecule has 1 atom stereocenters. The van der Waals surface area contributed by atoms with Gasteiger partial charge < -0.3 is 15.4 Å². The fourth-order valence-electron chi connectivity index (χ4n) is 3.43. The van der Waals surface area contributed by atoms with E-state index in [9.17, 15) is 18.0 Å². The molecule has 2 aromatic carbocycles. The summed E-state index contributed by atoms with van der Waals surface area (Å²) in [5, 5.41) is 5.62. The van der Waals surface area contributed by atoms with Gasteiger partial charge in [-0.1, -0.05) is 18.2 Å². The quantitative estimate of drug-likeness (QED) is 0.559. The first kappa shape index (κ1) is 25.2. The molecule has 0 radical (unpaired) electrons. The molecule has 1 heterocycles. The van der Waals surface area contributed by atoms with Crippen LogP contribution in [0.15, 0.2) is 53.4 Å². The van der Waals surface area contributed by atoms with E-state index in [4.69, 9.17) is 4.74 Å². The Morgan fingerprint density at radius 3 is 2.55 bits per heavy atom. The van der Waals surface area contributed by atoms with Crippen molar-refractivity contribution in [1.82, 2.24) is 9.62 Å². The van der Waals surface area contributed by atoms with E-state index in [0.717, 1.165) is 5.56 Å². The average Bonchev–Trinajstić information content (AvgIpc) is 2.82. The zero-order valence-electron chi connectivity index (χ0n) is 18.7. The van der Waals surface area contributed by atoms with Gasteiger partial charge in [0, 0.05) is 24.3 Å². The van der Waals surface area contributed by atoms with E-state index in [1.165, 1.54) is 28.6 Å². The van der Waals surface area contributed by atoms with E-state index in [1.54, 1.807) is 17.8 Å². The van der Waals surface area contributed by atoms with Crippen molar-refractivity contribution >= 4 is 39.3 Å². The number of aryl methyl sites for hydroxylation is 1. The molecule has 2 N–H and O–H groups in total. The summed E-state index contributed by atoms with van der Waals surface area (Å²) in [4.78, 5) is 25.9. The molecule has 33 heavy (non-hydrogen) atoms. The largest absolute Gasteiger partial charge is 0.379 e. The normalized spacial score (nSPS) is 15.6. The van der Waals surface area contributed by atoms with E-state index in [1.807, 2.05) is 31.4 Å². The second-order valence-electron chi connectivity index (χ2n) is 7.71. The number of rotatable bonds is 9. The van der Waals surface area contributed by atoms with Gasteiger partial charge in [0.2, 0.25) is 15.9 Å². The van der Waals surface area contributed by atoms with Crippen LogP contribution in [-0.2, 0) is 19.6 Å². The first-order valence-corrected chi connectivity index (χ1v) is 13.5. The number of hydrogen-bond acceptors (Lipinski definition) is 6. The highest BCUT2D eigenvalue weighted by molar-refractivity contribution is 7.98. The second-order valence-corrected chi connectivity index (χ2v) is 10.6. The lowest BCUT2D eigenvalue weighted by Crippen LogP contribution is -2.44. The predicted molar refractivity (Wildman–Crippen MR) is 130 cm³/mol. The van der Waals surface area contributed by atoms with Crippen LogP contribution in [0.4, 0.5) is 5.69 Å². The van der Waals surface area contributed by atoms with Gasteiger partial charge in [-0.25, -0.2) is 8.42 Å². The molecule has 2 amide bonds. The van der Waals surface area contributed by atoms with Crippen molar-refractivity contribution in [3.05, 3.63) is 59.7 Å². The lowest BCUT2D eigenvalue weighted by atomic mass is 10.1. The number of benzene rings is 2. The van der Waals surface area contributed by atoms with Gasteiger partial charge >= 0.3 is 0 Å². The Bertz CT molecular complexity index is 1090. The summed E-state index contributed by atoms with van der Waals surface area (Å²) < 4.78 is 32.5. The number of anilines is 1. The van der Waals surface area contributed by atoms with Gasteiger partial charge in [-0.3, -0.25) is 9.59 Å². The van der Waals surface area contributed by atoms with Crippen molar-refractivity contribution in [3.63, 3.8) is 0 Å². The Kier molecular flexibility index (Phi) is 8.90. The summed E-state index contributed by atoms with van der Waals surface area (Å²) in [5.41, 5.74) is 1.85. The monoisotopic (exact) mass is 491 g/mol. The van der Waals surface area contributed by atoms with Crippen LogP contribution in [0.3, 0.4) is 0 Å². The molecule has 10 heteroatoms. The number of carbonyl (C=O) groups excluding carboxylic acids is 2. The van der Waals surface area contributed by atoms with Crippen LogP contribution in [0, 0.1) is 6.92 Å². The molecule has 0 aliphatic carbocycles. The van der Waals surface area contributed by atoms with Crippen LogP contribution < -0.4 is 10.6 Å². The number of amides is 2. The number of nitrogens with zero attached hydrogens (tertiary/aromatic N) is 1. The number of hydrogen-bond donors (Lipinski definition) is 2. The predicted octanol–water partition coefficient (Wildman–Crippen LogP) is 2.51. The van der Waals surface area contributed by atoms with Gasteiger partial charge in [0.05, 0.1) is 18.1 Å². The molecule has 178 valence electrons. The first-order chi connectivity index (χ1) is 15.8. The van der Waals surface area contributed by atoms with Crippen molar-refractivity contribution in [2.45, 2.75) is 24.3 Å². The Hall–Kier alpha value is -2.40. The minimum absolute atomic E-state index is 0.0435. The summed E-state index contributed by atoms with van der Waals surface area (Å²) >= 11 is 1.57. The van der Waals surface area contributed by atoms with Crippen LogP contribution in [0.1, 0.15) is 22.3 Å². The third-order valence-electron chi connectivity index (χ3n) is 5.22. The van der Waals surface area contributed by atoms with E-state index >= 15 is 0 Å². The molecule has 1 fully saturated rings. The Labute approximate surface area is 199 Å². The minimum atomic E-state index is -3.73. The zero-order chi connectivity index (χ0) is 23.8. The fourth-order valence-corrected chi connectivity index (χ4v) is 5.36. The maximum absolute atomic E-state index is 13.0. The van der Waals surface area contributed by atoms with E-state index in [-0.39, 0.29) is 29.5 Å². The van der Waals surface area contributed by atoms with Crippen molar-refractivity contribution < 1.29 is 22.7 Å². The first-order valence-electron chi connectivity index (χ1n) is 10.7. The summed E-state index contributed by atoms with van der Waals surface area (Å²) in [6, 6.07) is 12.6. The molecule has 0 bridgehead atoms. The fraction of sp³-hybridized carbons (Fsp3) is 0.391. The molecule has 2 aromatic rings. The van der Waals surface area contributed by atoms with E-state index in [2.05, 4.69) is 10.6 Å². The molecule has 0 spiro atoms. The standard InChI is InChI=1S/C23H29N3O5S2/c1-17-5-3-7-19(15-17)24-23(28)21(9-14-32-2)25-22(27)18-6-4-8-20(16-18)33(29,30)26-10-12-31-13-11-26/h3-8,15-16,21H,9-14H2,1-2H3,(H,24,28)(H,25,27)/t21-/m0/s1. The number of carbonyl (C=O) groups is 2. The number of morpholine rings is 1. The molecule has 1 saturated heterocycles. The molecule has 0 unspecified atom stereocenters. The van der Waals surface area contributed by atoms with Crippen LogP contribution in [-0.4, -0.2) is 68.9 Å². The van der Waals surface area contributed by atoms with Gasteiger partial charge in [-0.05, 0) is 61.2 Å². The second kappa shape index (κ2) is 11.6. The average molecular weight is 492 g/mol. The summed E-state index contributed by atoms with van der Waals surface area (Å²) in [6.45, 7) is 3.16. The lowest BCUT2D eigenvalue weighted by Gasteiger charge is -2.26. The molecule has 0 aromatic heterocycles. The zero-order valence-corrected chi connectivity index (χ0v) is 20.4. The molecule has 3 rings (SSSR count). The highest BCUT2D eigenvalue weighted by atomic mass is 32.2. The number of nitrogens with one attached hydrogen (secondary N) is 2. The molecule has 1 aliphatic rings. The molecular weight excluding hydrogens is 462 g/mol. The molecule has 0 saturated carbocycles. The van der Waals surface area contributed by atoms with Crippen LogP contribution >= 0.6 is 11.8 Å². The Morgan fingerprint density at radius 2 is 1.85 bits per heavy atom. The van der Waals surface area contributed by atoms with Crippen molar-refractivity contribution in [2.24, 2.45) is 0 Å². The SMILES string of the molecule is CSCC[C@H](NC(=O)c1cccc(S(=O)(=O)N2CCOCC2)c1)C(=O)Nc1cccc(C)c1. The number of thioether (sulfide) groups is 1. The smallest absolute Gasteiger partial charge is 0.251 e. The van der Waals surface area contributed by atoms with Gasteiger partial charge in [0.15, 0.2) is 0 Å². The summed E-state index contributed by atoms with van der Waals surface area (Å²) in [5.74, 6) is -0.142. The van der Waals surface area contributed by atoms with E-state index in [0.29, 0.717) is 31.1 Å². The van der Waals surface area contributed by atoms with E-state index < -0.39 is 22.0 Å². The maximum Gasteiger partial charge on any atom is 0.251 e. The summed E-state index contributed by atoms with van der Waals surface area (Å²) in [7, 11) is -3.73. The summed E-state index contributed by atoms with van der Waals surface area (Å²) in [6.07, 6.45) is 2.37. The Morgan fingerprint density at radius 1 is 1.12 bits per heavy atom. The third-order valence-corrected chi connectivity index (χ3v) is 7.76. The number of ether oxygens (including phenoxy) is 1. The topological polar surface area (TPSA) is 105 Å². The highest BCUT2D eigenvalue weighted by Crippen LogP contribution is 2.19. The van der Waals surface area contributed by atoms with Crippen molar-refractivity contribution in [2.75, 3.05) is 43.6 Å². The lowest BCUT2D eigenvalue weighted by molar-refractivity contribution is -0.118. The van der Waals surface area contributed by atoms with Crippen LogP contribution in [0.2, 0.25) is 0 Å². The number of sulfonamides is 1. The van der Waals surface area contributed by atoms with Crippen LogP contribution in [0.5, 0.6) is 0 Å².